The first-order valence-electron chi connectivity index (χ1n) is 13.9. The quantitative estimate of drug-likeness (QED) is 0.272. The van der Waals surface area contributed by atoms with Gasteiger partial charge in [-0.05, 0) is 5.41 Å². The van der Waals surface area contributed by atoms with Gasteiger partial charge in [-0.15, -0.1) is 0 Å². The third kappa shape index (κ3) is 30.7. The topological polar surface area (TPSA) is 17.1 Å². The Morgan fingerprint density at radius 1 is 0.649 bits per heavy atom. The van der Waals surface area contributed by atoms with Gasteiger partial charge in [-0.2, -0.15) is 23.7 Å². The number of hydrogen-bond acceptors (Lipinski definition) is 1. The van der Waals surface area contributed by atoms with E-state index in [0.29, 0.717) is 45.7 Å². The van der Waals surface area contributed by atoms with Crippen molar-refractivity contribution in [3.8, 4) is 0 Å². The van der Waals surface area contributed by atoms with Crippen LogP contribution in [0.1, 0.15) is 151 Å². The summed E-state index contributed by atoms with van der Waals surface area (Å²) in [4.78, 5) is 11.5. The van der Waals surface area contributed by atoms with Crippen molar-refractivity contribution >= 4 is 5.78 Å². The molecule has 2 atom stereocenters. The zero-order valence-corrected chi connectivity index (χ0v) is 34.9. The van der Waals surface area contributed by atoms with Crippen LogP contribution in [0.4, 0.5) is 0 Å². The normalized spacial score (nSPS) is 14.6. The molecular formula is C34H69OY2-3. The van der Waals surface area contributed by atoms with Gasteiger partial charge in [-0.1, -0.05) is 148 Å². The Morgan fingerprint density at radius 2 is 0.973 bits per heavy atom. The summed E-state index contributed by atoms with van der Waals surface area (Å²) in [7, 11) is 0. The minimum absolute atomic E-state index is 0. The summed E-state index contributed by atoms with van der Waals surface area (Å²) < 4.78 is 0. The molecule has 0 heterocycles. The summed E-state index contributed by atoms with van der Waals surface area (Å²) in [6, 6.07) is 0. The van der Waals surface area contributed by atoms with Crippen molar-refractivity contribution in [2.75, 3.05) is 0 Å². The van der Waals surface area contributed by atoms with E-state index in [0.717, 1.165) is 6.42 Å². The predicted molar refractivity (Wildman–Crippen MR) is 162 cm³/mol. The van der Waals surface area contributed by atoms with Crippen LogP contribution < -0.4 is 0 Å². The Morgan fingerprint density at radius 3 is 1.11 bits per heavy atom. The van der Waals surface area contributed by atoms with E-state index in [1.165, 1.54) is 6.42 Å². The predicted octanol–water partition coefficient (Wildman–Crippen LogP) is 11.5. The molecule has 0 aliphatic heterocycles. The van der Waals surface area contributed by atoms with E-state index >= 15 is 0 Å². The molecule has 0 N–H and O–H groups in total. The number of carbonyl (C=O) groups excluding carboxylic acids is 1. The van der Waals surface area contributed by atoms with Crippen molar-refractivity contribution in [1.82, 2.24) is 0 Å². The van der Waals surface area contributed by atoms with Gasteiger partial charge < -0.3 is 19.8 Å². The van der Waals surface area contributed by atoms with Gasteiger partial charge in [0.15, 0.2) is 0 Å². The SMILES string of the molecule is CC(C)(C)CC(=O)C(C)(C)C.[CH2-]C(C)C(C)(C)C.[CH2-]C(C[C-](CC(C)(C)C)C(C)(C)C)C(C)(C)C.[Y].[Y]. The Hall–Kier alpha value is 1.88. The fourth-order valence-electron chi connectivity index (χ4n) is 2.63. The van der Waals surface area contributed by atoms with Gasteiger partial charge in [0.1, 0.15) is 5.78 Å². The number of ketones is 1. The number of carbonyl (C=O) groups is 1. The van der Waals surface area contributed by atoms with Crippen LogP contribution in [0.15, 0.2) is 0 Å². The van der Waals surface area contributed by atoms with E-state index < -0.39 is 0 Å². The van der Waals surface area contributed by atoms with Crippen LogP contribution in [0.3, 0.4) is 0 Å². The van der Waals surface area contributed by atoms with E-state index in [4.69, 9.17) is 0 Å². The minimum atomic E-state index is -0.173. The average molecular weight is 672 g/mol. The van der Waals surface area contributed by atoms with Gasteiger partial charge in [0.2, 0.25) is 0 Å². The molecule has 0 bridgehead atoms. The van der Waals surface area contributed by atoms with Crippen LogP contribution in [0.5, 0.6) is 0 Å². The molecule has 1 nitrogen and oxygen atoms in total. The molecule has 0 aliphatic rings. The van der Waals surface area contributed by atoms with Gasteiger partial charge in [0, 0.05) is 77.3 Å². The molecule has 0 aliphatic carbocycles. The van der Waals surface area contributed by atoms with E-state index in [1.807, 2.05) is 20.8 Å². The molecule has 0 fully saturated rings. The molecule has 0 saturated carbocycles. The number of hydrogen-bond donors (Lipinski definition) is 0. The molecule has 0 aromatic rings. The van der Waals surface area contributed by atoms with Crippen molar-refractivity contribution in [2.24, 2.45) is 44.3 Å². The van der Waals surface area contributed by atoms with Gasteiger partial charge in [-0.3, -0.25) is 4.79 Å². The number of rotatable bonds is 4. The van der Waals surface area contributed by atoms with Gasteiger partial charge in [-0.25, -0.2) is 6.42 Å². The fraction of sp³-hybridized carbons (Fsp3) is 0.882. The molecule has 0 amide bonds. The third-order valence-electron chi connectivity index (χ3n) is 6.53. The molecule has 0 saturated heterocycles. The molecule has 37 heavy (non-hydrogen) atoms. The molecule has 0 aromatic heterocycles. The van der Waals surface area contributed by atoms with Crippen molar-refractivity contribution < 1.29 is 70.2 Å². The maximum atomic E-state index is 11.5. The molecule has 3 heteroatoms. The maximum Gasteiger partial charge on any atom is 0.138 e. The summed E-state index contributed by atoms with van der Waals surface area (Å²) >= 11 is 0. The third-order valence-corrected chi connectivity index (χ3v) is 6.53. The van der Waals surface area contributed by atoms with E-state index in [9.17, 15) is 4.79 Å². The van der Waals surface area contributed by atoms with Gasteiger partial charge in [0.05, 0.1) is 0 Å². The summed E-state index contributed by atoms with van der Waals surface area (Å²) in [5.41, 5.74) is 1.32. The Labute approximate surface area is 288 Å². The van der Waals surface area contributed by atoms with Crippen LogP contribution >= 0.6 is 0 Å². The first kappa shape index (κ1) is 48.6. The average Bonchev–Trinajstić information content (AvgIpc) is 2.48. The van der Waals surface area contributed by atoms with Crippen molar-refractivity contribution in [3.63, 3.8) is 0 Å². The van der Waals surface area contributed by atoms with Crippen molar-refractivity contribution in [2.45, 2.75) is 151 Å². The van der Waals surface area contributed by atoms with Gasteiger partial charge >= 0.3 is 0 Å². The molecule has 0 spiro atoms. The smallest absolute Gasteiger partial charge is 0.138 e. The Bertz CT molecular complexity index is 576. The zero-order chi connectivity index (χ0) is 29.4. The second-order valence-electron chi connectivity index (χ2n) is 17.5. The van der Waals surface area contributed by atoms with Crippen LogP contribution in [0.25, 0.3) is 0 Å². The summed E-state index contributed by atoms with van der Waals surface area (Å²) in [5.74, 6) is 3.07. The van der Waals surface area contributed by atoms with Crippen LogP contribution in [0.2, 0.25) is 0 Å². The van der Waals surface area contributed by atoms with E-state index in [-0.39, 0.29) is 76.2 Å². The Kier molecular flexibility index (Phi) is 24.2. The summed E-state index contributed by atoms with van der Waals surface area (Å²) in [5, 5.41) is 0. The molecule has 0 rings (SSSR count). The van der Waals surface area contributed by atoms with Crippen LogP contribution in [-0.2, 0) is 70.2 Å². The largest absolute Gasteiger partial charge is 0.342 e. The Balaban J connectivity index is -0.000000148. The first-order valence-corrected chi connectivity index (χ1v) is 13.9. The minimum Gasteiger partial charge on any atom is -0.342 e. The molecular weight excluding hydrogens is 602 g/mol. The second kappa shape index (κ2) is 18.4. The molecule has 220 valence electrons. The van der Waals surface area contributed by atoms with Crippen LogP contribution in [0, 0.1) is 64.1 Å². The summed E-state index contributed by atoms with van der Waals surface area (Å²) in [6.07, 6.45) is 3.04. The second-order valence-corrected chi connectivity index (χ2v) is 17.5. The molecule has 0 aromatic carbocycles. The molecule has 2 radical (unpaired) electrons. The zero-order valence-electron chi connectivity index (χ0n) is 29.3. The van der Waals surface area contributed by atoms with Crippen LogP contribution in [-0.4, -0.2) is 5.78 Å². The van der Waals surface area contributed by atoms with Crippen molar-refractivity contribution in [1.29, 1.82) is 0 Å². The fourth-order valence-corrected chi connectivity index (χ4v) is 2.63. The number of Topliss-reactive ketones (excluding diaryl/α,β-unsaturated/α-hetero) is 1. The first-order chi connectivity index (χ1) is 14.8. The van der Waals surface area contributed by atoms with Gasteiger partial charge in [0.25, 0.3) is 0 Å². The monoisotopic (exact) mass is 671 g/mol. The standard InChI is InChI=1S/C17H34.C10H20O.C7H15.2Y/c1-13(16(5,6)7)11-14(17(8,9)10)12-15(2,3)4;1-9(2,3)7-8(11)10(4,5)6;1-6(2)7(3,4)5;;/h13H,1,11-12H2,2-10H3;7H2,1-6H3;6H,1H2,2-5H3;;/q-2;;-1;;. The van der Waals surface area contributed by atoms with Crippen molar-refractivity contribution in [3.05, 3.63) is 19.8 Å². The molecule has 2 unspecified atom stereocenters. The van der Waals surface area contributed by atoms with E-state index in [2.05, 4.69) is 125 Å². The summed E-state index contributed by atoms with van der Waals surface area (Å²) in [6.45, 7) is 50.1. The van der Waals surface area contributed by atoms with E-state index in [1.54, 1.807) is 5.92 Å². The maximum absolute atomic E-state index is 11.5.